The van der Waals surface area contributed by atoms with Gasteiger partial charge in [-0.1, -0.05) is 13.0 Å². The van der Waals surface area contributed by atoms with Gasteiger partial charge in [0.25, 0.3) is 0 Å². The zero-order chi connectivity index (χ0) is 19.3. The van der Waals surface area contributed by atoms with Crippen LogP contribution >= 0.6 is 0 Å². The number of Topliss-reactive ketones (excluding diaryl/α,β-unsaturated/α-hetero) is 1. The lowest BCUT2D eigenvalue weighted by Gasteiger charge is -2.27. The number of aromatic nitrogens is 1. The molecule has 0 N–H and O–H groups in total. The second kappa shape index (κ2) is 8.65. The number of nitrogens with zero attached hydrogens (tertiary/aromatic N) is 2. The average Bonchev–Trinajstić information content (AvgIpc) is 2.80. The predicted molar refractivity (Wildman–Crippen MR) is 96.8 cm³/mol. The van der Waals surface area contributed by atoms with Gasteiger partial charge in [-0.3, -0.25) is 9.59 Å². The standard InChI is InChI=1S/C19H28N2O4/c1-8-11-21(15(22)9-2)14(6)18(23)16-12(4)17(19(24)25-10-3)20(7)13(16)5/h8,14H,1,9-11H2,2-7H3. The molecule has 0 aliphatic heterocycles. The van der Waals surface area contributed by atoms with Gasteiger partial charge in [0.1, 0.15) is 5.69 Å². The maximum Gasteiger partial charge on any atom is 0.355 e. The van der Waals surface area contributed by atoms with Crippen LogP contribution in [-0.2, 0) is 16.6 Å². The lowest BCUT2D eigenvalue weighted by Crippen LogP contribution is -2.43. The number of rotatable bonds is 8. The van der Waals surface area contributed by atoms with E-state index < -0.39 is 12.0 Å². The molecule has 0 bridgehead atoms. The molecule has 6 nitrogen and oxygen atoms in total. The molecular formula is C19H28N2O4. The third-order valence-electron chi connectivity index (χ3n) is 4.44. The predicted octanol–water partition coefficient (Wildman–Crippen LogP) is 2.81. The van der Waals surface area contributed by atoms with Crippen LogP contribution in [0.3, 0.4) is 0 Å². The van der Waals surface area contributed by atoms with Crippen molar-refractivity contribution in [3.05, 3.63) is 35.2 Å². The minimum absolute atomic E-state index is 0.113. The normalized spacial score (nSPS) is 11.8. The summed E-state index contributed by atoms with van der Waals surface area (Å²) in [5.74, 6) is -0.757. The highest BCUT2D eigenvalue weighted by Crippen LogP contribution is 2.24. The third-order valence-corrected chi connectivity index (χ3v) is 4.44. The minimum atomic E-state index is -0.639. The Balaban J connectivity index is 3.33. The molecule has 1 heterocycles. The van der Waals surface area contributed by atoms with Gasteiger partial charge in [0.15, 0.2) is 5.78 Å². The highest BCUT2D eigenvalue weighted by Gasteiger charge is 2.31. The number of ketones is 1. The summed E-state index contributed by atoms with van der Waals surface area (Å²) in [4.78, 5) is 38.9. The van der Waals surface area contributed by atoms with Crippen LogP contribution in [0.25, 0.3) is 0 Å². The van der Waals surface area contributed by atoms with E-state index in [2.05, 4.69) is 6.58 Å². The molecule has 25 heavy (non-hydrogen) atoms. The summed E-state index contributed by atoms with van der Waals surface area (Å²) in [5, 5.41) is 0. The van der Waals surface area contributed by atoms with Crippen LogP contribution in [0.15, 0.2) is 12.7 Å². The minimum Gasteiger partial charge on any atom is -0.461 e. The van der Waals surface area contributed by atoms with Crippen molar-refractivity contribution >= 4 is 17.7 Å². The summed E-state index contributed by atoms with van der Waals surface area (Å²) >= 11 is 0. The molecule has 1 rings (SSSR count). The largest absolute Gasteiger partial charge is 0.461 e. The van der Waals surface area contributed by atoms with Gasteiger partial charge in [0, 0.05) is 31.3 Å². The molecular weight excluding hydrogens is 320 g/mol. The summed E-state index contributed by atoms with van der Waals surface area (Å²) in [6, 6.07) is -0.639. The fourth-order valence-electron chi connectivity index (χ4n) is 3.00. The van der Waals surface area contributed by atoms with E-state index in [1.54, 1.807) is 52.3 Å². The Morgan fingerprint density at radius 1 is 1.28 bits per heavy atom. The van der Waals surface area contributed by atoms with Crippen LogP contribution in [0.4, 0.5) is 0 Å². The molecule has 1 atom stereocenters. The molecule has 138 valence electrons. The van der Waals surface area contributed by atoms with E-state index in [-0.39, 0.29) is 18.3 Å². The lowest BCUT2D eigenvalue weighted by molar-refractivity contribution is -0.131. The number of ether oxygens (including phenoxy) is 1. The zero-order valence-electron chi connectivity index (χ0n) is 16.0. The highest BCUT2D eigenvalue weighted by atomic mass is 16.5. The third kappa shape index (κ3) is 4.00. The van der Waals surface area contributed by atoms with Gasteiger partial charge in [-0.2, -0.15) is 0 Å². The summed E-state index contributed by atoms with van der Waals surface area (Å²) in [6.45, 7) is 12.9. The first kappa shape index (κ1) is 20.7. The van der Waals surface area contributed by atoms with Crippen LogP contribution in [-0.4, -0.2) is 46.3 Å². The molecule has 0 radical (unpaired) electrons. The molecule has 0 aliphatic carbocycles. The van der Waals surface area contributed by atoms with Crippen LogP contribution in [0, 0.1) is 13.8 Å². The molecule has 0 saturated carbocycles. The fourth-order valence-corrected chi connectivity index (χ4v) is 3.00. The van der Waals surface area contributed by atoms with Gasteiger partial charge in [-0.15, -0.1) is 6.58 Å². The second-order valence-electron chi connectivity index (χ2n) is 5.94. The number of esters is 1. The topological polar surface area (TPSA) is 68.6 Å². The Labute approximate surface area is 149 Å². The molecule has 0 saturated heterocycles. The summed E-state index contributed by atoms with van der Waals surface area (Å²) in [6.07, 6.45) is 1.92. The molecule has 1 unspecified atom stereocenters. The Morgan fingerprint density at radius 3 is 2.36 bits per heavy atom. The van der Waals surface area contributed by atoms with Crippen LogP contribution < -0.4 is 0 Å². The summed E-state index contributed by atoms with van der Waals surface area (Å²) in [7, 11) is 1.73. The first-order valence-corrected chi connectivity index (χ1v) is 8.50. The molecule has 1 aromatic rings. The van der Waals surface area contributed by atoms with E-state index >= 15 is 0 Å². The van der Waals surface area contributed by atoms with E-state index in [1.165, 1.54) is 4.90 Å². The quantitative estimate of drug-likeness (QED) is 0.411. The Kier molecular flexibility index (Phi) is 7.15. The summed E-state index contributed by atoms with van der Waals surface area (Å²) in [5.41, 5.74) is 2.10. The Bertz CT molecular complexity index is 688. The van der Waals surface area contributed by atoms with Gasteiger partial charge in [-0.05, 0) is 33.3 Å². The Hall–Kier alpha value is -2.37. The molecule has 1 amide bonds. The molecule has 6 heteroatoms. The number of carbonyl (C=O) groups excluding carboxylic acids is 3. The number of carbonyl (C=O) groups is 3. The molecule has 0 aromatic carbocycles. The maximum absolute atomic E-state index is 13.1. The lowest BCUT2D eigenvalue weighted by atomic mass is 9.99. The first-order valence-electron chi connectivity index (χ1n) is 8.50. The smallest absolute Gasteiger partial charge is 0.355 e. The number of hydrogen-bond acceptors (Lipinski definition) is 4. The fraction of sp³-hybridized carbons (Fsp3) is 0.526. The van der Waals surface area contributed by atoms with Crippen molar-refractivity contribution in [1.82, 2.24) is 9.47 Å². The monoisotopic (exact) mass is 348 g/mol. The number of hydrogen-bond donors (Lipinski definition) is 0. The van der Waals surface area contributed by atoms with Crippen LogP contribution in [0.5, 0.6) is 0 Å². The van der Waals surface area contributed by atoms with Gasteiger partial charge in [-0.25, -0.2) is 4.79 Å². The first-order chi connectivity index (χ1) is 11.7. The second-order valence-corrected chi connectivity index (χ2v) is 5.94. The van der Waals surface area contributed by atoms with Crippen molar-refractivity contribution in [2.75, 3.05) is 13.2 Å². The van der Waals surface area contributed by atoms with E-state index in [9.17, 15) is 14.4 Å². The van der Waals surface area contributed by atoms with Gasteiger partial charge >= 0.3 is 5.97 Å². The van der Waals surface area contributed by atoms with E-state index in [4.69, 9.17) is 4.74 Å². The van der Waals surface area contributed by atoms with Crippen molar-refractivity contribution in [1.29, 1.82) is 0 Å². The van der Waals surface area contributed by atoms with Crippen molar-refractivity contribution in [3.63, 3.8) is 0 Å². The highest BCUT2D eigenvalue weighted by molar-refractivity contribution is 6.06. The maximum atomic E-state index is 13.1. The van der Waals surface area contributed by atoms with Gasteiger partial charge in [0.05, 0.1) is 12.6 Å². The van der Waals surface area contributed by atoms with Crippen molar-refractivity contribution in [2.45, 2.75) is 47.1 Å². The Morgan fingerprint density at radius 2 is 1.88 bits per heavy atom. The SMILES string of the molecule is C=CCN(C(=O)CC)C(C)C(=O)c1c(C)c(C(=O)OCC)n(C)c1C. The zero-order valence-corrected chi connectivity index (χ0v) is 16.0. The average molecular weight is 348 g/mol. The van der Waals surface area contributed by atoms with Crippen molar-refractivity contribution in [3.8, 4) is 0 Å². The van der Waals surface area contributed by atoms with Crippen LogP contribution in [0.2, 0.25) is 0 Å². The van der Waals surface area contributed by atoms with Gasteiger partial charge < -0.3 is 14.2 Å². The van der Waals surface area contributed by atoms with Crippen molar-refractivity contribution in [2.24, 2.45) is 7.05 Å². The van der Waals surface area contributed by atoms with Crippen LogP contribution in [0.1, 0.15) is 59.3 Å². The molecule has 0 fully saturated rings. The van der Waals surface area contributed by atoms with E-state index in [0.717, 1.165) is 0 Å². The number of amides is 1. The van der Waals surface area contributed by atoms with Gasteiger partial charge in [0.2, 0.25) is 5.91 Å². The molecule has 0 aliphatic rings. The van der Waals surface area contributed by atoms with E-state index in [0.29, 0.717) is 35.5 Å². The summed E-state index contributed by atoms with van der Waals surface area (Å²) < 4.78 is 6.76. The molecule has 0 spiro atoms. The molecule has 1 aromatic heterocycles. The van der Waals surface area contributed by atoms with Crippen molar-refractivity contribution < 1.29 is 19.1 Å². The van der Waals surface area contributed by atoms with E-state index in [1.807, 2.05) is 0 Å².